The van der Waals surface area contributed by atoms with Crippen molar-refractivity contribution in [2.24, 2.45) is 27.9 Å². The highest BCUT2D eigenvalue weighted by atomic mass is 16.6. The van der Waals surface area contributed by atoms with Gasteiger partial charge in [0.15, 0.2) is 0 Å². The zero-order chi connectivity index (χ0) is 29.0. The van der Waals surface area contributed by atoms with E-state index in [1.165, 1.54) is 0 Å². The predicted molar refractivity (Wildman–Crippen MR) is 144 cm³/mol. The Balaban J connectivity index is 1.57. The molecule has 4 aliphatic rings. The van der Waals surface area contributed by atoms with Crippen molar-refractivity contribution < 1.29 is 28.7 Å². The third-order valence-corrected chi connectivity index (χ3v) is 9.45. The minimum atomic E-state index is -1.07. The number of fused-ring (bicyclic) bond motifs is 1. The van der Waals surface area contributed by atoms with Gasteiger partial charge in [-0.1, -0.05) is 46.5 Å². The summed E-state index contributed by atoms with van der Waals surface area (Å²) in [5, 5.41) is 5.57. The Labute approximate surface area is 231 Å². The highest BCUT2D eigenvalue weighted by Crippen LogP contribution is 2.77. The molecule has 0 aromatic heterocycles. The lowest BCUT2D eigenvalue weighted by atomic mass is 9.74. The third-order valence-electron chi connectivity index (χ3n) is 9.45. The van der Waals surface area contributed by atoms with Gasteiger partial charge in [-0.25, -0.2) is 4.79 Å². The van der Waals surface area contributed by atoms with Crippen molar-refractivity contribution in [2.75, 3.05) is 6.54 Å². The van der Waals surface area contributed by atoms with Gasteiger partial charge in [-0.15, -0.1) is 0 Å². The van der Waals surface area contributed by atoms with Gasteiger partial charge in [0.05, 0.1) is 6.04 Å². The number of alkyl carbamates (subject to hydrolysis) is 1. The van der Waals surface area contributed by atoms with Gasteiger partial charge in [0.25, 0.3) is 5.91 Å². The molecule has 218 valence electrons. The van der Waals surface area contributed by atoms with Crippen LogP contribution in [0.1, 0.15) is 99.3 Å². The molecule has 1 heterocycles. The van der Waals surface area contributed by atoms with E-state index in [9.17, 15) is 24.0 Å². The molecule has 4 N–H and O–H groups in total. The molecule has 1 saturated heterocycles. The van der Waals surface area contributed by atoms with E-state index in [0.29, 0.717) is 19.4 Å². The Hall–Kier alpha value is -2.65. The van der Waals surface area contributed by atoms with Crippen molar-refractivity contribution in [1.82, 2.24) is 15.5 Å². The number of nitrogens with zero attached hydrogens (tertiary/aromatic N) is 1. The highest BCUT2D eigenvalue weighted by Gasteiger charge is 2.73. The molecule has 1 aliphatic heterocycles. The molecule has 3 saturated carbocycles. The van der Waals surface area contributed by atoms with Gasteiger partial charge in [0.1, 0.15) is 17.7 Å². The van der Waals surface area contributed by atoms with Crippen LogP contribution in [0.25, 0.3) is 0 Å². The summed E-state index contributed by atoms with van der Waals surface area (Å²) >= 11 is 0. The third kappa shape index (κ3) is 5.94. The molecular weight excluding hydrogens is 500 g/mol. The average Bonchev–Trinajstić information content (AvgIpc) is 3.25. The summed E-state index contributed by atoms with van der Waals surface area (Å²) in [6.07, 6.45) is 7.43. The number of rotatable bonds is 8. The molecule has 4 fully saturated rings. The maximum atomic E-state index is 14.1. The first-order chi connectivity index (χ1) is 18.0. The highest BCUT2D eigenvalue weighted by molar-refractivity contribution is 6.37. The Bertz CT molecular complexity index is 1040. The number of nitrogens with two attached hydrogens (primary N) is 1. The zero-order valence-corrected chi connectivity index (χ0v) is 24.4. The van der Waals surface area contributed by atoms with E-state index in [1.54, 1.807) is 25.7 Å². The number of primary amides is 1. The van der Waals surface area contributed by atoms with Crippen LogP contribution in [0.15, 0.2) is 0 Å². The Kier molecular flexibility index (Phi) is 7.58. The van der Waals surface area contributed by atoms with Crippen LogP contribution >= 0.6 is 0 Å². The van der Waals surface area contributed by atoms with Crippen molar-refractivity contribution in [3.63, 3.8) is 0 Å². The topological polar surface area (TPSA) is 148 Å². The Morgan fingerprint density at radius 2 is 1.62 bits per heavy atom. The van der Waals surface area contributed by atoms with Gasteiger partial charge in [-0.2, -0.15) is 0 Å². The molecular formula is C29H46N4O6. The van der Waals surface area contributed by atoms with E-state index < -0.39 is 52.8 Å². The first-order valence-electron chi connectivity index (χ1n) is 14.4. The summed E-state index contributed by atoms with van der Waals surface area (Å²) in [4.78, 5) is 66.6. The Morgan fingerprint density at radius 1 is 0.974 bits per heavy atom. The van der Waals surface area contributed by atoms with Crippen molar-refractivity contribution >= 4 is 29.6 Å². The van der Waals surface area contributed by atoms with Gasteiger partial charge in [-0.3, -0.25) is 19.2 Å². The summed E-state index contributed by atoms with van der Waals surface area (Å²) in [5.74, 6) is -2.40. The van der Waals surface area contributed by atoms with Crippen LogP contribution in [0.3, 0.4) is 0 Å². The van der Waals surface area contributed by atoms with Crippen LogP contribution in [0, 0.1) is 22.2 Å². The molecule has 0 aromatic carbocycles. The second kappa shape index (κ2) is 10.1. The summed E-state index contributed by atoms with van der Waals surface area (Å²) in [6.45, 7) is 11.3. The molecule has 4 atom stereocenters. The number of hydrogen-bond donors (Lipinski definition) is 3. The molecule has 4 rings (SSSR count). The lowest BCUT2D eigenvalue weighted by Crippen LogP contribution is -2.59. The fourth-order valence-electron chi connectivity index (χ4n) is 6.85. The number of carbonyl (C=O) groups is 5. The largest absolute Gasteiger partial charge is 0.444 e. The van der Waals surface area contributed by atoms with Crippen molar-refractivity contribution in [1.29, 1.82) is 0 Å². The molecule has 4 amide bonds. The molecule has 2 spiro atoms. The lowest BCUT2D eigenvalue weighted by Gasteiger charge is -2.36. The van der Waals surface area contributed by atoms with Crippen LogP contribution in [0.5, 0.6) is 0 Å². The van der Waals surface area contributed by atoms with Gasteiger partial charge in [0, 0.05) is 6.54 Å². The number of hydrogen-bond acceptors (Lipinski definition) is 6. The molecule has 3 aliphatic carbocycles. The minimum Gasteiger partial charge on any atom is -0.444 e. The van der Waals surface area contributed by atoms with E-state index in [0.717, 1.165) is 44.9 Å². The van der Waals surface area contributed by atoms with Gasteiger partial charge >= 0.3 is 6.09 Å². The molecule has 0 bridgehead atoms. The second-order valence-corrected chi connectivity index (χ2v) is 14.5. The number of amides is 4. The number of ether oxygens (including phenoxy) is 1. The van der Waals surface area contributed by atoms with Crippen molar-refractivity contribution in [3.05, 3.63) is 0 Å². The number of likely N-dealkylation sites (tertiary alicyclic amines) is 1. The molecule has 0 aromatic rings. The molecule has 39 heavy (non-hydrogen) atoms. The second-order valence-electron chi connectivity index (χ2n) is 14.5. The average molecular weight is 547 g/mol. The molecule has 2 unspecified atom stereocenters. The fraction of sp³-hybridized carbons (Fsp3) is 0.828. The fourth-order valence-corrected chi connectivity index (χ4v) is 6.85. The first kappa shape index (κ1) is 29.3. The minimum absolute atomic E-state index is 0.131. The summed E-state index contributed by atoms with van der Waals surface area (Å²) in [5.41, 5.74) is 3.96. The number of nitrogens with one attached hydrogen (secondary N) is 2. The van der Waals surface area contributed by atoms with Gasteiger partial charge in [0.2, 0.25) is 17.6 Å². The molecule has 10 heteroatoms. The zero-order valence-electron chi connectivity index (χ0n) is 24.4. The van der Waals surface area contributed by atoms with E-state index in [4.69, 9.17) is 10.5 Å². The van der Waals surface area contributed by atoms with Crippen LogP contribution in [0.2, 0.25) is 0 Å². The monoisotopic (exact) mass is 546 g/mol. The summed E-state index contributed by atoms with van der Waals surface area (Å²) < 4.78 is 5.44. The molecule has 10 nitrogen and oxygen atoms in total. The van der Waals surface area contributed by atoms with E-state index >= 15 is 0 Å². The summed E-state index contributed by atoms with van der Waals surface area (Å²) in [7, 11) is 0. The number of ketones is 1. The quantitative estimate of drug-likeness (QED) is 0.399. The van der Waals surface area contributed by atoms with Crippen LogP contribution in [-0.4, -0.2) is 64.8 Å². The first-order valence-corrected chi connectivity index (χ1v) is 14.4. The lowest BCUT2D eigenvalue weighted by molar-refractivity contribution is -0.143. The maximum absolute atomic E-state index is 14.1. The molecule has 0 radical (unpaired) electrons. The predicted octanol–water partition coefficient (Wildman–Crippen LogP) is 2.82. The van der Waals surface area contributed by atoms with E-state index in [-0.39, 0.29) is 22.7 Å². The number of carbonyl (C=O) groups excluding carboxylic acids is 5. The van der Waals surface area contributed by atoms with Crippen LogP contribution in [-0.2, 0) is 23.9 Å². The number of Topliss-reactive ketones (excluding diaryl/α,β-unsaturated/α-hetero) is 1. The van der Waals surface area contributed by atoms with Gasteiger partial charge < -0.3 is 26.0 Å². The smallest absolute Gasteiger partial charge is 0.408 e. The van der Waals surface area contributed by atoms with Crippen molar-refractivity contribution in [3.8, 4) is 0 Å². The van der Waals surface area contributed by atoms with E-state index in [1.807, 2.05) is 20.8 Å². The Morgan fingerprint density at radius 3 is 2.05 bits per heavy atom. The van der Waals surface area contributed by atoms with Gasteiger partial charge in [-0.05, 0) is 75.0 Å². The normalized spacial score (nSPS) is 27.2. The van der Waals surface area contributed by atoms with E-state index in [2.05, 4.69) is 10.6 Å². The van der Waals surface area contributed by atoms with Crippen molar-refractivity contribution in [2.45, 2.75) is 123 Å². The standard InChI is InChI=1S/C29H46N4O6/c1-26(2,3)21(32-25(38)39-27(4,5)6)24(37)33-16-29(15-28(29)11-8-12-28)14-19(33)23(36)31-18(20(34)22(30)35)13-17-9-7-10-17/h17-19,21H,7-16H2,1-6H3,(H2,30,35)(H,31,36)(H,32,38)/t18?,19-,21+,29?/m0/s1. The summed E-state index contributed by atoms with van der Waals surface area (Å²) in [6, 6.07) is -2.72. The van der Waals surface area contributed by atoms with Crippen LogP contribution < -0.4 is 16.4 Å². The maximum Gasteiger partial charge on any atom is 0.408 e. The SMILES string of the molecule is CC(C)(C)OC(=O)N[C@H](C(=O)N1CC2(C[C@H]1C(=O)NC(CC1CCC1)C(=O)C(N)=O)CC21CCC1)C(C)(C)C. The van der Waals surface area contributed by atoms with Crippen LogP contribution in [0.4, 0.5) is 4.79 Å².